The Labute approximate surface area is 118 Å². The van der Waals surface area contributed by atoms with Crippen LogP contribution < -0.4 is 10.6 Å². The Kier molecular flexibility index (Phi) is 4.65. The third kappa shape index (κ3) is 3.54. The summed E-state index contributed by atoms with van der Waals surface area (Å²) in [6.45, 7) is 5.21. The van der Waals surface area contributed by atoms with Gasteiger partial charge in [-0.2, -0.15) is 0 Å². The lowest BCUT2D eigenvalue weighted by Crippen LogP contribution is -2.24. The molecule has 0 atom stereocenters. The lowest BCUT2D eigenvalue weighted by Gasteiger charge is -2.07. The van der Waals surface area contributed by atoms with Crippen molar-refractivity contribution in [1.29, 1.82) is 0 Å². The van der Waals surface area contributed by atoms with Crippen LogP contribution in [-0.4, -0.2) is 22.4 Å². The van der Waals surface area contributed by atoms with Crippen LogP contribution in [0.15, 0.2) is 36.7 Å². The van der Waals surface area contributed by atoms with Crippen LogP contribution in [0.25, 0.3) is 0 Å². The van der Waals surface area contributed by atoms with Crippen molar-refractivity contribution in [3.05, 3.63) is 53.6 Å². The first-order valence-electron chi connectivity index (χ1n) is 6.59. The molecule has 0 radical (unpaired) electrons. The highest BCUT2D eigenvalue weighted by Gasteiger charge is 2.07. The molecule has 0 spiro atoms. The van der Waals surface area contributed by atoms with Crippen LogP contribution in [0.1, 0.15) is 28.7 Å². The summed E-state index contributed by atoms with van der Waals surface area (Å²) in [6.07, 6.45) is 3.38. The molecule has 20 heavy (non-hydrogen) atoms. The number of anilines is 1. The molecule has 1 amide bonds. The monoisotopic (exact) mass is 270 g/mol. The smallest absolute Gasteiger partial charge is 0.270 e. The summed E-state index contributed by atoms with van der Waals surface area (Å²) in [5, 5.41) is 5.96. The summed E-state index contributed by atoms with van der Waals surface area (Å²) in [5.41, 5.74) is 3.23. The summed E-state index contributed by atoms with van der Waals surface area (Å²) >= 11 is 0. The summed E-state index contributed by atoms with van der Waals surface area (Å²) in [7, 11) is 0. The van der Waals surface area contributed by atoms with Crippen molar-refractivity contribution in [2.24, 2.45) is 0 Å². The summed E-state index contributed by atoms with van der Waals surface area (Å²) in [6, 6.07) is 7.40. The number of hydrogen-bond donors (Lipinski definition) is 2. The number of carbonyl (C=O) groups excluding carboxylic acids is 1. The number of carbonyl (C=O) groups is 1. The fraction of sp³-hybridized carbons (Fsp3) is 0.267. The first-order chi connectivity index (χ1) is 9.70. The maximum atomic E-state index is 12.0. The second-order valence-electron chi connectivity index (χ2n) is 4.41. The van der Waals surface area contributed by atoms with E-state index in [0.29, 0.717) is 12.2 Å². The fourth-order valence-electron chi connectivity index (χ4n) is 1.79. The van der Waals surface area contributed by atoms with E-state index in [4.69, 9.17) is 0 Å². The third-order valence-electron chi connectivity index (χ3n) is 2.91. The molecule has 2 N–H and O–H groups in total. The normalized spacial score (nSPS) is 10.1. The van der Waals surface area contributed by atoms with E-state index >= 15 is 0 Å². The zero-order valence-corrected chi connectivity index (χ0v) is 11.7. The molecule has 0 aliphatic rings. The van der Waals surface area contributed by atoms with Crippen molar-refractivity contribution < 1.29 is 4.79 Å². The van der Waals surface area contributed by atoms with Crippen molar-refractivity contribution in [2.45, 2.75) is 20.4 Å². The zero-order chi connectivity index (χ0) is 14.4. The highest BCUT2D eigenvalue weighted by Crippen LogP contribution is 2.06. The van der Waals surface area contributed by atoms with Crippen molar-refractivity contribution in [2.75, 3.05) is 11.9 Å². The van der Waals surface area contributed by atoms with E-state index in [-0.39, 0.29) is 5.91 Å². The molecular formula is C15H18N4O. The molecule has 0 bridgehead atoms. The quantitative estimate of drug-likeness (QED) is 0.873. The van der Waals surface area contributed by atoms with Crippen LogP contribution >= 0.6 is 0 Å². The van der Waals surface area contributed by atoms with Gasteiger partial charge in [0.05, 0.1) is 24.1 Å². The Morgan fingerprint density at radius 2 is 2.10 bits per heavy atom. The largest absolute Gasteiger partial charge is 0.384 e. The molecule has 2 heterocycles. The molecule has 104 valence electrons. The SMILES string of the molecule is CCNc1ccc(C(=O)NCc2ncccc2C)nc1. The van der Waals surface area contributed by atoms with Crippen LogP contribution in [0.2, 0.25) is 0 Å². The molecule has 2 aromatic rings. The van der Waals surface area contributed by atoms with Crippen LogP contribution in [0.3, 0.4) is 0 Å². The molecule has 0 aliphatic carbocycles. The van der Waals surface area contributed by atoms with Crippen LogP contribution in [0, 0.1) is 6.92 Å². The molecule has 5 heteroatoms. The van der Waals surface area contributed by atoms with Gasteiger partial charge in [-0.15, -0.1) is 0 Å². The van der Waals surface area contributed by atoms with E-state index in [1.165, 1.54) is 0 Å². The number of aromatic nitrogens is 2. The lowest BCUT2D eigenvalue weighted by molar-refractivity contribution is 0.0945. The first-order valence-corrected chi connectivity index (χ1v) is 6.59. The number of rotatable bonds is 5. The van der Waals surface area contributed by atoms with Gasteiger partial charge in [-0.25, -0.2) is 4.98 Å². The fourth-order valence-corrected chi connectivity index (χ4v) is 1.79. The Bertz CT molecular complexity index is 581. The molecule has 2 aromatic heterocycles. The Morgan fingerprint density at radius 1 is 1.25 bits per heavy atom. The van der Waals surface area contributed by atoms with Crippen LogP contribution in [-0.2, 0) is 6.54 Å². The van der Waals surface area contributed by atoms with Gasteiger partial charge >= 0.3 is 0 Å². The van der Waals surface area contributed by atoms with E-state index in [0.717, 1.165) is 23.5 Å². The highest BCUT2D eigenvalue weighted by molar-refractivity contribution is 5.92. The molecule has 0 unspecified atom stereocenters. The number of hydrogen-bond acceptors (Lipinski definition) is 4. The number of nitrogens with one attached hydrogen (secondary N) is 2. The molecule has 2 rings (SSSR count). The summed E-state index contributed by atoms with van der Waals surface area (Å²) in [5.74, 6) is -0.196. The van der Waals surface area contributed by atoms with E-state index in [2.05, 4.69) is 20.6 Å². The molecular weight excluding hydrogens is 252 g/mol. The summed E-state index contributed by atoms with van der Waals surface area (Å²) in [4.78, 5) is 20.4. The number of pyridine rings is 2. The van der Waals surface area contributed by atoms with Crippen LogP contribution in [0.5, 0.6) is 0 Å². The molecule has 0 saturated carbocycles. The zero-order valence-electron chi connectivity index (χ0n) is 11.7. The van der Waals surface area contributed by atoms with Gasteiger partial charge in [-0.05, 0) is 37.6 Å². The number of aryl methyl sites for hydroxylation is 1. The topological polar surface area (TPSA) is 66.9 Å². The molecule has 0 saturated heterocycles. The molecule has 5 nitrogen and oxygen atoms in total. The minimum Gasteiger partial charge on any atom is -0.384 e. The minimum atomic E-state index is -0.196. The van der Waals surface area contributed by atoms with Crippen molar-refractivity contribution in [3.8, 4) is 0 Å². The van der Waals surface area contributed by atoms with E-state index in [1.807, 2.05) is 32.0 Å². The maximum Gasteiger partial charge on any atom is 0.270 e. The van der Waals surface area contributed by atoms with Gasteiger partial charge in [-0.3, -0.25) is 9.78 Å². The number of nitrogens with zero attached hydrogens (tertiary/aromatic N) is 2. The highest BCUT2D eigenvalue weighted by atomic mass is 16.1. The Hall–Kier alpha value is -2.43. The van der Waals surface area contributed by atoms with Crippen molar-refractivity contribution >= 4 is 11.6 Å². The average molecular weight is 270 g/mol. The average Bonchev–Trinajstić information content (AvgIpc) is 2.47. The van der Waals surface area contributed by atoms with E-state index in [9.17, 15) is 4.79 Å². The predicted octanol–water partition coefficient (Wildman–Crippen LogP) is 2.15. The van der Waals surface area contributed by atoms with E-state index < -0.39 is 0 Å². The maximum absolute atomic E-state index is 12.0. The van der Waals surface area contributed by atoms with Gasteiger partial charge < -0.3 is 10.6 Å². The Balaban J connectivity index is 1.96. The van der Waals surface area contributed by atoms with Gasteiger partial charge in [-0.1, -0.05) is 6.07 Å². The Morgan fingerprint density at radius 3 is 2.75 bits per heavy atom. The molecule has 0 aromatic carbocycles. The standard InChI is InChI=1S/C15H18N4O/c1-3-16-12-6-7-13(18-9-12)15(20)19-10-14-11(2)5-4-8-17-14/h4-9,16H,3,10H2,1-2H3,(H,19,20). The van der Waals surface area contributed by atoms with Crippen LogP contribution in [0.4, 0.5) is 5.69 Å². The van der Waals surface area contributed by atoms with Gasteiger partial charge in [0.25, 0.3) is 5.91 Å². The second kappa shape index (κ2) is 6.65. The van der Waals surface area contributed by atoms with Gasteiger partial charge in [0.15, 0.2) is 0 Å². The van der Waals surface area contributed by atoms with Gasteiger partial charge in [0, 0.05) is 12.7 Å². The third-order valence-corrected chi connectivity index (χ3v) is 2.91. The van der Waals surface area contributed by atoms with Gasteiger partial charge in [0.2, 0.25) is 0 Å². The van der Waals surface area contributed by atoms with Crippen molar-refractivity contribution in [1.82, 2.24) is 15.3 Å². The second-order valence-corrected chi connectivity index (χ2v) is 4.41. The first kappa shape index (κ1) is 14.0. The predicted molar refractivity (Wildman–Crippen MR) is 78.5 cm³/mol. The summed E-state index contributed by atoms with van der Waals surface area (Å²) < 4.78 is 0. The van der Waals surface area contributed by atoms with E-state index in [1.54, 1.807) is 18.5 Å². The van der Waals surface area contributed by atoms with Crippen molar-refractivity contribution in [3.63, 3.8) is 0 Å². The minimum absolute atomic E-state index is 0.196. The van der Waals surface area contributed by atoms with Gasteiger partial charge in [0.1, 0.15) is 5.69 Å². The lowest BCUT2D eigenvalue weighted by atomic mass is 10.2. The number of amides is 1. The molecule has 0 fully saturated rings. The molecule has 0 aliphatic heterocycles.